The van der Waals surface area contributed by atoms with Crippen LogP contribution < -0.4 is 4.90 Å². The van der Waals surface area contributed by atoms with E-state index in [0.29, 0.717) is 6.61 Å². The highest BCUT2D eigenvalue weighted by Crippen LogP contribution is 2.33. The van der Waals surface area contributed by atoms with Crippen LogP contribution in [0.25, 0.3) is 0 Å². The second kappa shape index (κ2) is 5.54. The molecule has 0 aromatic carbocycles. The van der Waals surface area contributed by atoms with E-state index in [4.69, 9.17) is 14.7 Å². The van der Waals surface area contributed by atoms with Crippen molar-refractivity contribution >= 4 is 5.82 Å². The summed E-state index contributed by atoms with van der Waals surface area (Å²) in [6, 6.07) is 0.179. The smallest absolute Gasteiger partial charge is 0.138 e. The minimum atomic E-state index is -0.0729. The van der Waals surface area contributed by atoms with Crippen LogP contribution in [0.1, 0.15) is 50.7 Å². The van der Waals surface area contributed by atoms with Gasteiger partial charge in [-0.25, -0.2) is 9.97 Å². The second-order valence-electron chi connectivity index (χ2n) is 7.02. The Bertz CT molecular complexity index is 525. The molecule has 1 saturated heterocycles. The van der Waals surface area contributed by atoms with Crippen LogP contribution in [0, 0.1) is 0 Å². The van der Waals surface area contributed by atoms with Crippen LogP contribution in [0.5, 0.6) is 0 Å². The second-order valence-corrected chi connectivity index (χ2v) is 7.02. The van der Waals surface area contributed by atoms with Crippen molar-refractivity contribution in [3.8, 4) is 0 Å². The van der Waals surface area contributed by atoms with Gasteiger partial charge in [0, 0.05) is 23.9 Å². The summed E-state index contributed by atoms with van der Waals surface area (Å²) in [5, 5.41) is 9.61. The Balaban J connectivity index is 2.08. The first kappa shape index (κ1) is 14.7. The number of hydrogen-bond donors (Lipinski definition) is 1. The molecule has 0 aliphatic carbocycles. The number of aliphatic hydroxyl groups excluding tert-OH is 1. The summed E-state index contributed by atoms with van der Waals surface area (Å²) >= 11 is 0. The van der Waals surface area contributed by atoms with Crippen LogP contribution in [-0.2, 0) is 23.2 Å². The molecule has 1 atom stereocenters. The van der Waals surface area contributed by atoms with Crippen molar-refractivity contribution in [2.45, 2.75) is 58.1 Å². The van der Waals surface area contributed by atoms with Crippen molar-refractivity contribution in [2.24, 2.45) is 0 Å². The lowest BCUT2D eigenvalue weighted by Crippen LogP contribution is -2.35. The molecule has 1 unspecified atom stereocenters. The van der Waals surface area contributed by atoms with Gasteiger partial charge in [-0.15, -0.1) is 0 Å². The topological polar surface area (TPSA) is 58.5 Å². The lowest BCUT2D eigenvalue weighted by atomic mass is 9.95. The maximum atomic E-state index is 9.61. The predicted octanol–water partition coefficient (Wildman–Crippen LogP) is 1.81. The highest BCUT2D eigenvalue weighted by Gasteiger charge is 2.31. The van der Waals surface area contributed by atoms with Crippen molar-refractivity contribution in [3.63, 3.8) is 0 Å². The van der Waals surface area contributed by atoms with Crippen LogP contribution in [0.3, 0.4) is 0 Å². The van der Waals surface area contributed by atoms with Crippen molar-refractivity contribution in [2.75, 3.05) is 24.7 Å². The standard InChI is InChI=1S/C16H25N3O2/c1-16(2,3)15-17-13-6-8-21-10-12(13)14(18-15)19-7-4-5-11(19)9-20/h11,20H,4-10H2,1-3H3. The number of aliphatic hydroxyl groups is 1. The van der Waals surface area contributed by atoms with Gasteiger partial charge in [-0.3, -0.25) is 0 Å². The summed E-state index contributed by atoms with van der Waals surface area (Å²) in [4.78, 5) is 11.9. The average molecular weight is 291 g/mol. The SMILES string of the molecule is CC(C)(C)c1nc2c(c(N3CCCC3CO)n1)COCC2. The summed E-state index contributed by atoms with van der Waals surface area (Å²) in [6.07, 6.45) is 2.99. The fourth-order valence-corrected chi connectivity index (χ4v) is 3.09. The largest absolute Gasteiger partial charge is 0.394 e. The maximum absolute atomic E-state index is 9.61. The van der Waals surface area contributed by atoms with Gasteiger partial charge in [0.25, 0.3) is 0 Å². The molecule has 1 N–H and O–H groups in total. The Hall–Kier alpha value is -1.20. The van der Waals surface area contributed by atoms with Crippen molar-refractivity contribution in [1.29, 1.82) is 0 Å². The molecule has 0 saturated carbocycles. The molecule has 1 aromatic heterocycles. The minimum absolute atomic E-state index is 0.0729. The van der Waals surface area contributed by atoms with E-state index in [1.807, 2.05) is 0 Å². The molecule has 3 rings (SSSR count). The van der Waals surface area contributed by atoms with E-state index >= 15 is 0 Å². The lowest BCUT2D eigenvalue weighted by Gasteiger charge is -2.31. The predicted molar refractivity (Wildman–Crippen MR) is 81.5 cm³/mol. The average Bonchev–Trinajstić information content (AvgIpc) is 2.93. The van der Waals surface area contributed by atoms with Gasteiger partial charge in [0.15, 0.2) is 0 Å². The molecule has 116 valence electrons. The molecule has 5 heteroatoms. The molecule has 5 nitrogen and oxygen atoms in total. The highest BCUT2D eigenvalue weighted by atomic mass is 16.5. The number of ether oxygens (including phenoxy) is 1. The number of nitrogens with zero attached hydrogens (tertiary/aromatic N) is 3. The molecule has 2 aliphatic rings. The fourth-order valence-electron chi connectivity index (χ4n) is 3.09. The van der Waals surface area contributed by atoms with Gasteiger partial charge in [-0.1, -0.05) is 20.8 Å². The van der Waals surface area contributed by atoms with E-state index in [9.17, 15) is 5.11 Å². The first-order chi connectivity index (χ1) is 10.0. The highest BCUT2D eigenvalue weighted by molar-refractivity contribution is 5.52. The third kappa shape index (κ3) is 2.77. The van der Waals surface area contributed by atoms with E-state index in [0.717, 1.165) is 55.3 Å². The van der Waals surface area contributed by atoms with Gasteiger partial charge in [-0.05, 0) is 12.8 Å². The summed E-state index contributed by atoms with van der Waals surface area (Å²) in [5.74, 6) is 1.88. The molecule has 21 heavy (non-hydrogen) atoms. The maximum Gasteiger partial charge on any atom is 0.138 e. The fraction of sp³-hybridized carbons (Fsp3) is 0.750. The van der Waals surface area contributed by atoms with Gasteiger partial charge in [-0.2, -0.15) is 0 Å². The van der Waals surface area contributed by atoms with Gasteiger partial charge in [0.05, 0.1) is 31.6 Å². The van der Waals surface area contributed by atoms with Gasteiger partial charge >= 0.3 is 0 Å². The first-order valence-corrected chi connectivity index (χ1v) is 7.86. The monoisotopic (exact) mass is 291 g/mol. The molecule has 0 radical (unpaired) electrons. The Morgan fingerprint density at radius 3 is 2.86 bits per heavy atom. The number of anilines is 1. The molecule has 1 aromatic rings. The number of rotatable bonds is 2. The number of hydrogen-bond acceptors (Lipinski definition) is 5. The molecule has 0 spiro atoms. The molecule has 1 fully saturated rings. The van der Waals surface area contributed by atoms with E-state index < -0.39 is 0 Å². The van der Waals surface area contributed by atoms with E-state index in [-0.39, 0.29) is 18.1 Å². The van der Waals surface area contributed by atoms with Crippen LogP contribution >= 0.6 is 0 Å². The first-order valence-electron chi connectivity index (χ1n) is 7.86. The zero-order valence-electron chi connectivity index (χ0n) is 13.2. The van der Waals surface area contributed by atoms with Crippen LogP contribution in [0.15, 0.2) is 0 Å². The van der Waals surface area contributed by atoms with Gasteiger partial charge in [0.1, 0.15) is 11.6 Å². The van der Waals surface area contributed by atoms with Crippen molar-refractivity contribution in [3.05, 3.63) is 17.1 Å². The third-order valence-corrected chi connectivity index (χ3v) is 4.33. The summed E-state index contributed by atoms with van der Waals surface area (Å²) < 4.78 is 5.62. The molecule has 3 heterocycles. The molecular formula is C16H25N3O2. The van der Waals surface area contributed by atoms with Gasteiger partial charge < -0.3 is 14.7 Å². The third-order valence-electron chi connectivity index (χ3n) is 4.33. The number of fused-ring (bicyclic) bond motifs is 1. The summed E-state index contributed by atoms with van der Waals surface area (Å²) in [7, 11) is 0. The van der Waals surface area contributed by atoms with E-state index in [2.05, 4.69) is 25.7 Å². The van der Waals surface area contributed by atoms with Crippen LogP contribution in [0.4, 0.5) is 5.82 Å². The Morgan fingerprint density at radius 1 is 1.33 bits per heavy atom. The van der Waals surface area contributed by atoms with Crippen molar-refractivity contribution in [1.82, 2.24) is 9.97 Å². The lowest BCUT2D eigenvalue weighted by molar-refractivity contribution is 0.108. The Kier molecular flexibility index (Phi) is 3.88. The minimum Gasteiger partial charge on any atom is -0.394 e. The normalized spacial score (nSPS) is 22.5. The van der Waals surface area contributed by atoms with Crippen LogP contribution in [-0.4, -0.2) is 40.9 Å². The quantitative estimate of drug-likeness (QED) is 0.900. The molecular weight excluding hydrogens is 266 g/mol. The molecule has 2 aliphatic heterocycles. The van der Waals surface area contributed by atoms with E-state index in [1.54, 1.807) is 0 Å². The molecule has 0 bridgehead atoms. The van der Waals surface area contributed by atoms with Gasteiger partial charge in [0.2, 0.25) is 0 Å². The van der Waals surface area contributed by atoms with Crippen LogP contribution in [0.2, 0.25) is 0 Å². The summed E-state index contributed by atoms with van der Waals surface area (Å²) in [5.41, 5.74) is 2.17. The number of aromatic nitrogens is 2. The Labute approximate surface area is 126 Å². The zero-order valence-corrected chi connectivity index (χ0v) is 13.2. The van der Waals surface area contributed by atoms with Crippen molar-refractivity contribution < 1.29 is 9.84 Å². The molecule has 0 amide bonds. The zero-order chi connectivity index (χ0) is 15.0. The summed E-state index contributed by atoms with van der Waals surface area (Å²) in [6.45, 7) is 8.89. The van der Waals surface area contributed by atoms with E-state index in [1.165, 1.54) is 0 Å². The Morgan fingerprint density at radius 2 is 2.14 bits per heavy atom.